The fourth-order valence-corrected chi connectivity index (χ4v) is 4.06. The summed E-state index contributed by atoms with van der Waals surface area (Å²) in [5, 5.41) is 18.1. The van der Waals surface area contributed by atoms with Crippen molar-refractivity contribution in [2.24, 2.45) is 0 Å². The minimum Gasteiger partial charge on any atom is -0.495 e. The lowest BCUT2D eigenvalue weighted by molar-refractivity contribution is -0.113. The van der Waals surface area contributed by atoms with E-state index in [2.05, 4.69) is 33.1 Å². The molecule has 0 radical (unpaired) electrons. The van der Waals surface area contributed by atoms with Gasteiger partial charge in [0.15, 0.2) is 11.5 Å². The van der Waals surface area contributed by atoms with Crippen LogP contribution in [0.1, 0.15) is 44.7 Å². The van der Waals surface area contributed by atoms with Crippen molar-refractivity contribution >= 4 is 17.5 Å². The number of carbonyl (C=O) groups excluding carboxylic acids is 1. The number of nitrogens with one attached hydrogen (secondary N) is 2. The Morgan fingerprint density at radius 3 is 2.66 bits per heavy atom. The van der Waals surface area contributed by atoms with E-state index in [1.807, 2.05) is 37.3 Å². The van der Waals surface area contributed by atoms with Crippen molar-refractivity contribution in [3.63, 3.8) is 0 Å². The molecule has 35 heavy (non-hydrogen) atoms. The number of fused-ring (bicyclic) bond motifs is 1. The summed E-state index contributed by atoms with van der Waals surface area (Å²) in [4.78, 5) is 13.6. The molecule has 10 nitrogen and oxygen atoms in total. The molecule has 0 spiro atoms. The van der Waals surface area contributed by atoms with Gasteiger partial charge in [0.05, 0.1) is 32.1 Å². The summed E-state index contributed by atoms with van der Waals surface area (Å²) in [6.07, 6.45) is 3.19. The first kappa shape index (κ1) is 24.1. The van der Waals surface area contributed by atoms with E-state index in [0.717, 1.165) is 24.8 Å². The molecule has 1 aliphatic heterocycles. The molecule has 0 fully saturated rings. The fourth-order valence-electron chi connectivity index (χ4n) is 4.06. The molecule has 1 atom stereocenters. The first-order chi connectivity index (χ1) is 17.1. The Labute approximate surface area is 204 Å². The summed E-state index contributed by atoms with van der Waals surface area (Å²) in [7, 11) is 3.16. The van der Waals surface area contributed by atoms with E-state index in [1.54, 1.807) is 31.0 Å². The Kier molecular flexibility index (Phi) is 7.49. The second kappa shape index (κ2) is 10.9. The second-order valence-electron chi connectivity index (χ2n) is 8.13. The zero-order valence-electron chi connectivity index (χ0n) is 20.4. The molecule has 0 bridgehead atoms. The van der Waals surface area contributed by atoms with Gasteiger partial charge in [0.2, 0.25) is 5.95 Å². The lowest BCUT2D eigenvalue weighted by Gasteiger charge is -2.28. The average Bonchev–Trinajstić information content (AvgIpc) is 3.34. The highest BCUT2D eigenvalue weighted by atomic mass is 16.5. The van der Waals surface area contributed by atoms with Crippen LogP contribution in [-0.4, -0.2) is 46.9 Å². The first-order valence-electron chi connectivity index (χ1n) is 11.6. The van der Waals surface area contributed by atoms with Crippen LogP contribution < -0.4 is 24.8 Å². The number of carbonyl (C=O) groups is 1. The maximum atomic E-state index is 13.6. The van der Waals surface area contributed by atoms with Gasteiger partial charge in [-0.15, -0.1) is 0 Å². The first-order valence-corrected chi connectivity index (χ1v) is 11.6. The lowest BCUT2D eigenvalue weighted by atomic mass is 9.94. The summed E-state index contributed by atoms with van der Waals surface area (Å²) < 4.78 is 18.5. The smallest absolute Gasteiger partial charge is 0.255 e. The molecule has 0 unspecified atom stereocenters. The maximum absolute atomic E-state index is 13.6. The van der Waals surface area contributed by atoms with Crippen molar-refractivity contribution in [2.45, 2.75) is 39.2 Å². The normalized spacial score (nSPS) is 14.7. The largest absolute Gasteiger partial charge is 0.495 e. The molecule has 2 heterocycles. The highest BCUT2D eigenvalue weighted by Gasteiger charge is 2.34. The van der Waals surface area contributed by atoms with Crippen LogP contribution in [0.5, 0.6) is 17.2 Å². The van der Waals surface area contributed by atoms with Crippen LogP contribution in [0.15, 0.2) is 53.7 Å². The number of para-hydroxylation sites is 2. The molecule has 0 aliphatic carbocycles. The molecular formula is C25H30N6O4. The van der Waals surface area contributed by atoms with Gasteiger partial charge in [0.25, 0.3) is 5.91 Å². The number of hydrogen-bond acceptors (Lipinski definition) is 8. The van der Waals surface area contributed by atoms with Gasteiger partial charge in [-0.25, -0.2) is 0 Å². The molecule has 1 aliphatic rings. The zero-order valence-corrected chi connectivity index (χ0v) is 20.4. The van der Waals surface area contributed by atoms with Crippen LogP contribution in [-0.2, 0) is 4.79 Å². The summed E-state index contributed by atoms with van der Waals surface area (Å²) in [5.41, 5.74) is 2.45. The SMILES string of the molecule is CCCCCOc1ccc([C@@H]2C(C(=O)Nc3ccccc3OC)=C(C)Nc3nnnn32)cc1OC. The van der Waals surface area contributed by atoms with E-state index in [4.69, 9.17) is 14.2 Å². The number of allylic oxidation sites excluding steroid dienone is 1. The minimum atomic E-state index is -0.584. The van der Waals surface area contributed by atoms with Crippen molar-refractivity contribution in [3.8, 4) is 17.2 Å². The number of unbranched alkanes of at least 4 members (excludes halogenated alkanes) is 2. The standard InChI is InChI=1S/C25H30N6O4/c1-5-6-9-14-35-20-13-12-17(15-21(20)34-4)23-22(16(2)26-25-28-29-30-31(23)25)24(32)27-18-10-7-8-11-19(18)33-3/h7-8,10-13,15,23H,5-6,9,14H2,1-4H3,(H,27,32)(H,26,28,30)/t23-/m1/s1. The highest BCUT2D eigenvalue weighted by Crippen LogP contribution is 2.39. The number of tetrazole rings is 1. The lowest BCUT2D eigenvalue weighted by Crippen LogP contribution is -2.31. The number of hydrogen-bond donors (Lipinski definition) is 2. The molecular weight excluding hydrogens is 448 g/mol. The molecule has 2 aromatic carbocycles. The monoisotopic (exact) mass is 478 g/mol. The highest BCUT2D eigenvalue weighted by molar-refractivity contribution is 6.06. The molecule has 10 heteroatoms. The van der Waals surface area contributed by atoms with Gasteiger partial charge < -0.3 is 24.8 Å². The predicted molar refractivity (Wildman–Crippen MR) is 132 cm³/mol. The Balaban J connectivity index is 1.69. The number of benzene rings is 2. The topological polar surface area (TPSA) is 112 Å². The summed E-state index contributed by atoms with van der Waals surface area (Å²) in [5.74, 6) is 1.94. The van der Waals surface area contributed by atoms with E-state index in [-0.39, 0.29) is 5.91 Å². The number of rotatable bonds is 10. The van der Waals surface area contributed by atoms with Crippen molar-refractivity contribution in [1.29, 1.82) is 0 Å². The maximum Gasteiger partial charge on any atom is 0.255 e. The van der Waals surface area contributed by atoms with Gasteiger partial charge in [-0.2, -0.15) is 4.68 Å². The molecule has 0 saturated heterocycles. The van der Waals surface area contributed by atoms with Gasteiger partial charge in [0.1, 0.15) is 11.8 Å². The van der Waals surface area contributed by atoms with Gasteiger partial charge in [-0.1, -0.05) is 43.1 Å². The van der Waals surface area contributed by atoms with Crippen molar-refractivity contribution < 1.29 is 19.0 Å². The molecule has 1 amide bonds. The van der Waals surface area contributed by atoms with Crippen LogP contribution in [0.2, 0.25) is 0 Å². The number of methoxy groups -OCH3 is 2. The van der Waals surface area contributed by atoms with Crippen LogP contribution in [0.4, 0.5) is 11.6 Å². The molecule has 0 saturated carbocycles. The minimum absolute atomic E-state index is 0.301. The van der Waals surface area contributed by atoms with Crippen molar-refractivity contribution in [3.05, 3.63) is 59.3 Å². The number of ether oxygens (including phenoxy) is 3. The van der Waals surface area contributed by atoms with Crippen molar-refractivity contribution in [1.82, 2.24) is 20.2 Å². The van der Waals surface area contributed by atoms with Crippen LogP contribution in [0.3, 0.4) is 0 Å². The van der Waals surface area contributed by atoms with Crippen molar-refractivity contribution in [2.75, 3.05) is 31.5 Å². The zero-order chi connectivity index (χ0) is 24.8. The third-order valence-electron chi connectivity index (χ3n) is 5.82. The van der Waals surface area contributed by atoms with Crippen LogP contribution in [0, 0.1) is 0 Å². The van der Waals surface area contributed by atoms with Crippen LogP contribution in [0.25, 0.3) is 0 Å². The number of nitrogens with zero attached hydrogens (tertiary/aromatic N) is 4. The third kappa shape index (κ3) is 5.06. The van der Waals surface area contributed by atoms with Gasteiger partial charge >= 0.3 is 0 Å². The molecule has 184 valence electrons. The summed E-state index contributed by atoms with van der Waals surface area (Å²) >= 11 is 0. The molecule has 1 aromatic heterocycles. The number of anilines is 2. The third-order valence-corrected chi connectivity index (χ3v) is 5.82. The van der Waals surface area contributed by atoms with Gasteiger partial charge in [-0.3, -0.25) is 4.79 Å². The number of aromatic nitrogens is 4. The van der Waals surface area contributed by atoms with E-state index < -0.39 is 6.04 Å². The summed E-state index contributed by atoms with van der Waals surface area (Å²) in [6.45, 7) is 4.59. The van der Waals surface area contributed by atoms with Crippen LogP contribution >= 0.6 is 0 Å². The quantitative estimate of drug-likeness (QED) is 0.417. The molecule has 4 rings (SSSR count). The fraction of sp³-hybridized carbons (Fsp3) is 0.360. The van der Waals surface area contributed by atoms with E-state index in [1.165, 1.54) is 0 Å². The molecule has 3 aromatic rings. The van der Waals surface area contributed by atoms with E-state index in [9.17, 15) is 4.79 Å². The molecule has 2 N–H and O–H groups in total. The second-order valence-corrected chi connectivity index (χ2v) is 8.13. The predicted octanol–water partition coefficient (Wildman–Crippen LogP) is 4.19. The Morgan fingerprint density at radius 2 is 1.89 bits per heavy atom. The Bertz CT molecular complexity index is 1220. The Morgan fingerprint density at radius 1 is 1.09 bits per heavy atom. The van der Waals surface area contributed by atoms with Gasteiger partial charge in [-0.05, 0) is 53.6 Å². The average molecular weight is 479 g/mol. The summed E-state index contributed by atoms with van der Waals surface area (Å²) in [6, 6.07) is 12.3. The Hall–Kier alpha value is -4.08. The van der Waals surface area contributed by atoms with E-state index >= 15 is 0 Å². The van der Waals surface area contributed by atoms with Gasteiger partial charge in [0, 0.05) is 5.70 Å². The number of amides is 1. The van der Waals surface area contributed by atoms with E-state index in [0.29, 0.717) is 46.8 Å².